The van der Waals surface area contributed by atoms with Gasteiger partial charge in [-0.25, -0.2) is 9.18 Å². The second-order valence-electron chi connectivity index (χ2n) is 6.00. The number of aromatic nitrogens is 1. The molecule has 1 aromatic heterocycles. The van der Waals surface area contributed by atoms with Crippen molar-refractivity contribution >= 4 is 28.7 Å². The Morgan fingerprint density at radius 1 is 1.24 bits per heavy atom. The van der Waals surface area contributed by atoms with Crippen molar-refractivity contribution in [2.45, 2.75) is 25.9 Å². The van der Waals surface area contributed by atoms with Gasteiger partial charge in [0.15, 0.2) is 0 Å². The number of hydrogen-bond acceptors (Lipinski definition) is 3. The number of fused-ring (bicyclic) bond motifs is 1. The molecular weight excluding hydrogens is 343 g/mol. The molecule has 3 aromatic rings. The lowest BCUT2D eigenvalue weighted by atomic mass is 10.0. The molecule has 0 unspecified atom stereocenters. The molecule has 130 valence electrons. The molecule has 0 fully saturated rings. The predicted octanol–water partition coefficient (Wildman–Crippen LogP) is 3.70. The second kappa shape index (κ2) is 7.25. The van der Waals surface area contributed by atoms with E-state index in [-0.39, 0.29) is 5.82 Å². The van der Waals surface area contributed by atoms with Gasteiger partial charge in [0.25, 0.3) is 0 Å². The Hall–Kier alpha value is -2.37. The Kier molecular flexibility index (Phi) is 5.06. The Morgan fingerprint density at radius 2 is 1.92 bits per heavy atom. The normalized spacial score (nSPS) is 12.3. The molecule has 0 saturated carbocycles. The maximum Gasteiger partial charge on any atom is 0.341 e. The molecular formula is C19H18ClFN2O2. The molecule has 25 heavy (non-hydrogen) atoms. The summed E-state index contributed by atoms with van der Waals surface area (Å²) in [5.41, 5.74) is 9.89. The van der Waals surface area contributed by atoms with Crippen LogP contribution in [0.15, 0.2) is 48.5 Å². The molecule has 0 amide bonds. The lowest BCUT2D eigenvalue weighted by Crippen LogP contribution is -2.33. The highest BCUT2D eigenvalue weighted by Gasteiger charge is 2.21. The summed E-state index contributed by atoms with van der Waals surface area (Å²) in [5, 5.41) is 1.03. The molecule has 0 aliphatic rings. The van der Waals surface area contributed by atoms with Crippen molar-refractivity contribution in [1.29, 1.82) is 0 Å². The van der Waals surface area contributed by atoms with Gasteiger partial charge in [-0.2, -0.15) is 0 Å². The second-order valence-corrected chi connectivity index (χ2v) is 6.15. The van der Waals surface area contributed by atoms with Crippen LogP contribution in [0.1, 0.15) is 16.8 Å². The van der Waals surface area contributed by atoms with Crippen molar-refractivity contribution in [1.82, 2.24) is 4.57 Å². The first-order valence-electron chi connectivity index (χ1n) is 7.90. The molecule has 6 heteroatoms. The van der Waals surface area contributed by atoms with Gasteiger partial charge in [-0.15, -0.1) is 0 Å². The van der Waals surface area contributed by atoms with E-state index in [0.29, 0.717) is 13.0 Å². The van der Waals surface area contributed by atoms with E-state index in [4.69, 9.17) is 17.6 Å². The average Bonchev–Trinajstić information content (AvgIpc) is 2.88. The maximum atomic E-state index is 13.1. The van der Waals surface area contributed by atoms with Crippen LogP contribution in [0.2, 0.25) is 0 Å². The molecule has 0 radical (unpaired) electrons. The highest BCUT2D eigenvalue weighted by atomic mass is 35.5. The SMILES string of the molecule is Cc1c(C[C@H](N)C(=O)OCl)c2ccccc2n1Cc1ccc(F)cc1. The Morgan fingerprint density at radius 3 is 2.60 bits per heavy atom. The van der Waals surface area contributed by atoms with Crippen LogP contribution in [0, 0.1) is 12.7 Å². The molecule has 1 heterocycles. The summed E-state index contributed by atoms with van der Waals surface area (Å²) in [6.07, 6.45) is 0.328. The lowest BCUT2D eigenvalue weighted by Gasteiger charge is -2.11. The van der Waals surface area contributed by atoms with Crippen LogP contribution < -0.4 is 5.73 Å². The van der Waals surface area contributed by atoms with Gasteiger partial charge in [0.05, 0.1) is 0 Å². The van der Waals surface area contributed by atoms with Gasteiger partial charge in [0.2, 0.25) is 0 Å². The molecule has 2 aromatic carbocycles. The Balaban J connectivity index is 2.02. The number of halogens is 2. The van der Waals surface area contributed by atoms with Gasteiger partial charge in [-0.1, -0.05) is 30.3 Å². The lowest BCUT2D eigenvalue weighted by molar-refractivity contribution is -0.135. The van der Waals surface area contributed by atoms with E-state index in [1.807, 2.05) is 31.2 Å². The molecule has 4 nitrogen and oxygen atoms in total. The Bertz CT molecular complexity index is 906. The average molecular weight is 361 g/mol. The molecule has 0 spiro atoms. The summed E-state index contributed by atoms with van der Waals surface area (Å²) >= 11 is 5.13. The minimum atomic E-state index is -0.832. The summed E-state index contributed by atoms with van der Waals surface area (Å²) in [7, 11) is 0. The number of hydrogen-bond donors (Lipinski definition) is 1. The summed E-state index contributed by atoms with van der Waals surface area (Å²) in [4.78, 5) is 11.6. The highest BCUT2D eigenvalue weighted by Crippen LogP contribution is 2.28. The first kappa shape index (κ1) is 17.5. The van der Waals surface area contributed by atoms with E-state index in [1.54, 1.807) is 12.1 Å². The van der Waals surface area contributed by atoms with Crippen molar-refractivity contribution in [3.05, 3.63) is 71.2 Å². The molecule has 3 rings (SSSR count). The minimum Gasteiger partial charge on any atom is -0.346 e. The highest BCUT2D eigenvalue weighted by molar-refractivity contribution is 6.13. The number of para-hydroxylation sites is 1. The van der Waals surface area contributed by atoms with Gasteiger partial charge in [-0.05, 0) is 36.2 Å². The third-order valence-electron chi connectivity index (χ3n) is 4.42. The largest absolute Gasteiger partial charge is 0.346 e. The quantitative estimate of drug-likeness (QED) is 0.754. The number of carbonyl (C=O) groups excluding carboxylic acids is 1. The number of carbonyl (C=O) groups is 1. The number of nitrogens with two attached hydrogens (primary N) is 1. The Labute approximate surface area is 150 Å². The third-order valence-corrected chi connectivity index (χ3v) is 4.57. The van der Waals surface area contributed by atoms with Crippen molar-refractivity contribution in [2.75, 3.05) is 0 Å². The van der Waals surface area contributed by atoms with E-state index in [9.17, 15) is 9.18 Å². The molecule has 0 aliphatic heterocycles. The number of rotatable bonds is 5. The van der Waals surface area contributed by atoms with Gasteiger partial charge < -0.3 is 14.6 Å². The summed E-state index contributed by atoms with van der Waals surface area (Å²) in [6.45, 7) is 2.58. The molecule has 2 N–H and O–H groups in total. The van der Waals surface area contributed by atoms with Crippen LogP contribution in [0.25, 0.3) is 10.9 Å². The van der Waals surface area contributed by atoms with Gasteiger partial charge >= 0.3 is 5.97 Å². The molecule has 0 bridgehead atoms. The molecule has 1 atom stereocenters. The van der Waals surface area contributed by atoms with E-state index in [2.05, 4.69) is 8.86 Å². The van der Waals surface area contributed by atoms with Crippen LogP contribution >= 0.6 is 11.9 Å². The van der Waals surface area contributed by atoms with Crippen molar-refractivity contribution < 1.29 is 13.5 Å². The summed E-state index contributed by atoms with van der Waals surface area (Å²) < 4.78 is 19.5. The van der Waals surface area contributed by atoms with Crippen LogP contribution in [-0.4, -0.2) is 16.6 Å². The van der Waals surface area contributed by atoms with Crippen LogP contribution in [0.5, 0.6) is 0 Å². The zero-order valence-electron chi connectivity index (χ0n) is 13.7. The zero-order valence-corrected chi connectivity index (χ0v) is 14.5. The number of benzene rings is 2. The van der Waals surface area contributed by atoms with Crippen molar-refractivity contribution in [2.24, 2.45) is 5.73 Å². The fraction of sp³-hybridized carbons (Fsp3) is 0.211. The molecule has 0 saturated heterocycles. The fourth-order valence-corrected chi connectivity index (χ4v) is 3.21. The van der Waals surface area contributed by atoms with E-state index >= 15 is 0 Å². The zero-order chi connectivity index (χ0) is 18.0. The predicted molar refractivity (Wildman–Crippen MR) is 95.8 cm³/mol. The van der Waals surface area contributed by atoms with Crippen LogP contribution in [-0.2, 0) is 22.0 Å². The van der Waals surface area contributed by atoms with Crippen LogP contribution in [0.4, 0.5) is 4.39 Å². The smallest absolute Gasteiger partial charge is 0.341 e. The molecule has 0 aliphatic carbocycles. The van der Waals surface area contributed by atoms with Crippen molar-refractivity contribution in [3.8, 4) is 0 Å². The van der Waals surface area contributed by atoms with Crippen LogP contribution in [0.3, 0.4) is 0 Å². The first-order chi connectivity index (χ1) is 12.0. The fourth-order valence-electron chi connectivity index (χ4n) is 3.10. The van der Waals surface area contributed by atoms with E-state index in [0.717, 1.165) is 27.7 Å². The summed E-state index contributed by atoms with van der Waals surface area (Å²) in [5.74, 6) is -0.916. The maximum absolute atomic E-state index is 13.1. The minimum absolute atomic E-state index is 0.260. The van der Waals surface area contributed by atoms with E-state index in [1.165, 1.54) is 12.1 Å². The third kappa shape index (κ3) is 3.52. The standard InChI is InChI=1S/C19H18ClFN2O2/c1-12-16(10-17(22)19(24)25-20)15-4-2-3-5-18(15)23(12)11-13-6-8-14(21)9-7-13/h2-9,17H,10-11,22H2,1H3/t17-/m0/s1. The van der Waals surface area contributed by atoms with Crippen molar-refractivity contribution in [3.63, 3.8) is 0 Å². The van der Waals surface area contributed by atoms with E-state index < -0.39 is 12.0 Å². The topological polar surface area (TPSA) is 57.3 Å². The monoisotopic (exact) mass is 360 g/mol. The van der Waals surface area contributed by atoms with Gasteiger partial charge in [0, 0.05) is 29.6 Å². The van der Waals surface area contributed by atoms with Gasteiger partial charge in [0.1, 0.15) is 23.7 Å². The first-order valence-corrected chi connectivity index (χ1v) is 8.21. The summed E-state index contributed by atoms with van der Waals surface area (Å²) in [6, 6.07) is 13.5. The number of nitrogens with zero attached hydrogens (tertiary/aromatic N) is 1. The van der Waals surface area contributed by atoms with Gasteiger partial charge in [-0.3, -0.25) is 0 Å².